The van der Waals surface area contributed by atoms with Crippen LogP contribution in [-0.4, -0.2) is 39.6 Å². The molecule has 1 aliphatic heterocycles. The number of carbonyl (C=O) groups is 1. The lowest BCUT2D eigenvalue weighted by Crippen LogP contribution is -2.55. The molecule has 25 heavy (non-hydrogen) atoms. The first-order valence-electron chi connectivity index (χ1n) is 8.41. The van der Waals surface area contributed by atoms with Gasteiger partial charge in [0.15, 0.2) is 5.60 Å². The number of hydrogen-bond acceptors (Lipinski definition) is 5. The molecule has 0 bridgehead atoms. The summed E-state index contributed by atoms with van der Waals surface area (Å²) in [6.45, 7) is 2.14. The lowest BCUT2D eigenvalue weighted by atomic mass is 9.92. The van der Waals surface area contributed by atoms with Gasteiger partial charge in [0.1, 0.15) is 12.4 Å². The highest BCUT2D eigenvalue weighted by Crippen LogP contribution is 2.23. The standard InChI is InChI=1S/C19H23N3O3/c20-18(23)19(24)8-4-10-22(14-19)12-15-5-3-7-17(11-15)25-13-16-6-1-2-9-21-16/h1-3,5-7,9,11,24H,4,8,10,12-14H2,(H2,20,23). The fourth-order valence-corrected chi connectivity index (χ4v) is 3.09. The zero-order chi connectivity index (χ0) is 17.7. The van der Waals surface area contributed by atoms with Crippen LogP contribution in [0, 0.1) is 0 Å². The van der Waals surface area contributed by atoms with Gasteiger partial charge in [0.05, 0.1) is 5.69 Å². The molecule has 0 spiro atoms. The molecule has 0 saturated carbocycles. The van der Waals surface area contributed by atoms with Crippen molar-refractivity contribution in [1.82, 2.24) is 9.88 Å². The zero-order valence-electron chi connectivity index (χ0n) is 14.1. The summed E-state index contributed by atoms with van der Waals surface area (Å²) in [4.78, 5) is 17.8. The Morgan fingerprint density at radius 3 is 2.96 bits per heavy atom. The molecule has 0 aliphatic carbocycles. The van der Waals surface area contributed by atoms with Gasteiger partial charge < -0.3 is 15.6 Å². The molecule has 2 heterocycles. The predicted molar refractivity (Wildman–Crippen MR) is 93.7 cm³/mol. The highest BCUT2D eigenvalue weighted by molar-refractivity contribution is 5.83. The Kier molecular flexibility index (Phi) is 5.31. The molecule has 1 aromatic carbocycles. The molecule has 2 aromatic rings. The van der Waals surface area contributed by atoms with Gasteiger partial charge in [0.25, 0.3) is 5.91 Å². The SMILES string of the molecule is NC(=O)C1(O)CCCN(Cc2cccc(OCc3ccccn3)c2)C1. The molecule has 1 fully saturated rings. The fourth-order valence-electron chi connectivity index (χ4n) is 3.09. The number of hydrogen-bond donors (Lipinski definition) is 2. The van der Waals surface area contributed by atoms with Crippen LogP contribution in [0.25, 0.3) is 0 Å². The van der Waals surface area contributed by atoms with Crippen LogP contribution < -0.4 is 10.5 Å². The lowest BCUT2D eigenvalue weighted by molar-refractivity contribution is -0.142. The van der Waals surface area contributed by atoms with E-state index in [0.717, 1.165) is 30.0 Å². The number of likely N-dealkylation sites (tertiary alicyclic amines) is 1. The zero-order valence-corrected chi connectivity index (χ0v) is 14.1. The Morgan fingerprint density at radius 1 is 1.32 bits per heavy atom. The highest BCUT2D eigenvalue weighted by atomic mass is 16.5. The van der Waals surface area contributed by atoms with E-state index in [1.54, 1.807) is 6.20 Å². The van der Waals surface area contributed by atoms with Gasteiger partial charge in [0, 0.05) is 19.3 Å². The van der Waals surface area contributed by atoms with Gasteiger partial charge in [-0.05, 0) is 49.2 Å². The van der Waals surface area contributed by atoms with Gasteiger partial charge in [-0.25, -0.2) is 0 Å². The molecule has 6 nitrogen and oxygen atoms in total. The largest absolute Gasteiger partial charge is 0.487 e. The molecule has 1 unspecified atom stereocenters. The van der Waals surface area contributed by atoms with Crippen LogP contribution in [0.15, 0.2) is 48.7 Å². The third kappa shape index (κ3) is 4.55. The maximum Gasteiger partial charge on any atom is 0.250 e. The van der Waals surface area contributed by atoms with Crippen LogP contribution in [0.3, 0.4) is 0 Å². The molecule has 0 radical (unpaired) electrons. The lowest BCUT2D eigenvalue weighted by Gasteiger charge is -2.37. The van der Waals surface area contributed by atoms with E-state index >= 15 is 0 Å². The highest BCUT2D eigenvalue weighted by Gasteiger charge is 2.38. The van der Waals surface area contributed by atoms with Crippen molar-refractivity contribution in [2.45, 2.75) is 31.6 Å². The number of carbonyl (C=O) groups excluding carboxylic acids is 1. The van der Waals surface area contributed by atoms with E-state index in [2.05, 4.69) is 4.98 Å². The number of amides is 1. The van der Waals surface area contributed by atoms with Gasteiger partial charge in [-0.2, -0.15) is 0 Å². The van der Waals surface area contributed by atoms with Crippen LogP contribution >= 0.6 is 0 Å². The average Bonchev–Trinajstić information content (AvgIpc) is 2.61. The minimum absolute atomic E-state index is 0.265. The van der Waals surface area contributed by atoms with Crippen LogP contribution in [-0.2, 0) is 17.9 Å². The Balaban J connectivity index is 1.61. The van der Waals surface area contributed by atoms with Crippen LogP contribution in [0.4, 0.5) is 0 Å². The fraction of sp³-hybridized carbons (Fsp3) is 0.368. The number of aromatic nitrogens is 1. The van der Waals surface area contributed by atoms with Crippen molar-refractivity contribution in [3.05, 3.63) is 59.9 Å². The normalized spacial score (nSPS) is 21.0. The van der Waals surface area contributed by atoms with Gasteiger partial charge in [-0.15, -0.1) is 0 Å². The topological polar surface area (TPSA) is 88.7 Å². The van der Waals surface area contributed by atoms with E-state index in [1.165, 1.54) is 0 Å². The number of benzene rings is 1. The number of aliphatic hydroxyl groups is 1. The van der Waals surface area contributed by atoms with Crippen molar-refractivity contribution in [1.29, 1.82) is 0 Å². The number of ether oxygens (including phenoxy) is 1. The number of pyridine rings is 1. The summed E-state index contributed by atoms with van der Waals surface area (Å²) < 4.78 is 5.80. The number of nitrogens with zero attached hydrogens (tertiary/aromatic N) is 2. The summed E-state index contributed by atoms with van der Waals surface area (Å²) in [6, 6.07) is 13.5. The number of β-amino-alcohol motifs (C(OH)–C–C–N with tert-alkyl or cyclic N) is 1. The summed E-state index contributed by atoms with van der Waals surface area (Å²) in [6.07, 6.45) is 2.91. The molecular weight excluding hydrogens is 318 g/mol. The van der Waals surface area contributed by atoms with Crippen molar-refractivity contribution in [2.24, 2.45) is 5.73 Å². The average molecular weight is 341 g/mol. The van der Waals surface area contributed by atoms with Crippen molar-refractivity contribution in [3.63, 3.8) is 0 Å². The van der Waals surface area contributed by atoms with E-state index in [4.69, 9.17) is 10.5 Å². The van der Waals surface area contributed by atoms with Crippen LogP contribution in [0.5, 0.6) is 5.75 Å². The third-order valence-electron chi connectivity index (χ3n) is 4.43. The first-order chi connectivity index (χ1) is 12.0. The van der Waals surface area contributed by atoms with E-state index in [0.29, 0.717) is 19.6 Å². The monoisotopic (exact) mass is 341 g/mol. The Morgan fingerprint density at radius 2 is 2.20 bits per heavy atom. The maximum atomic E-state index is 11.5. The van der Waals surface area contributed by atoms with Crippen LogP contribution in [0.2, 0.25) is 0 Å². The minimum atomic E-state index is -1.43. The molecule has 1 amide bonds. The minimum Gasteiger partial charge on any atom is -0.487 e. The quantitative estimate of drug-likeness (QED) is 0.831. The molecule has 1 aromatic heterocycles. The second kappa shape index (κ2) is 7.63. The van der Waals surface area contributed by atoms with Crippen molar-refractivity contribution >= 4 is 5.91 Å². The van der Waals surface area contributed by atoms with Crippen LogP contribution in [0.1, 0.15) is 24.1 Å². The van der Waals surface area contributed by atoms with E-state index < -0.39 is 11.5 Å². The molecule has 6 heteroatoms. The molecule has 1 saturated heterocycles. The predicted octanol–water partition coefficient (Wildman–Crippen LogP) is 1.47. The van der Waals surface area contributed by atoms with Crippen molar-refractivity contribution in [3.8, 4) is 5.75 Å². The maximum absolute atomic E-state index is 11.5. The first kappa shape index (κ1) is 17.4. The second-order valence-corrected chi connectivity index (χ2v) is 6.47. The molecular formula is C19H23N3O3. The Hall–Kier alpha value is -2.44. The van der Waals surface area contributed by atoms with Gasteiger partial charge in [0.2, 0.25) is 0 Å². The third-order valence-corrected chi connectivity index (χ3v) is 4.43. The summed E-state index contributed by atoms with van der Waals surface area (Å²) in [5, 5.41) is 10.3. The summed E-state index contributed by atoms with van der Waals surface area (Å²) in [7, 11) is 0. The Bertz CT molecular complexity index is 723. The van der Waals surface area contributed by atoms with E-state index in [9.17, 15) is 9.90 Å². The summed E-state index contributed by atoms with van der Waals surface area (Å²) >= 11 is 0. The van der Waals surface area contributed by atoms with Crippen molar-refractivity contribution in [2.75, 3.05) is 13.1 Å². The van der Waals surface area contributed by atoms with Gasteiger partial charge >= 0.3 is 0 Å². The smallest absolute Gasteiger partial charge is 0.250 e. The molecule has 3 rings (SSSR count). The first-order valence-corrected chi connectivity index (χ1v) is 8.41. The van der Waals surface area contributed by atoms with Gasteiger partial charge in [-0.3, -0.25) is 14.7 Å². The number of rotatable bonds is 6. The number of nitrogens with two attached hydrogens (primary N) is 1. The van der Waals surface area contributed by atoms with E-state index in [1.807, 2.05) is 47.4 Å². The molecule has 1 atom stereocenters. The number of primary amides is 1. The number of piperidine rings is 1. The molecule has 1 aliphatic rings. The Labute approximate surface area is 147 Å². The van der Waals surface area contributed by atoms with E-state index in [-0.39, 0.29) is 6.54 Å². The van der Waals surface area contributed by atoms with Crippen molar-refractivity contribution < 1.29 is 14.6 Å². The molecule has 132 valence electrons. The summed E-state index contributed by atoms with van der Waals surface area (Å²) in [5.41, 5.74) is 5.84. The summed E-state index contributed by atoms with van der Waals surface area (Å²) in [5.74, 6) is 0.120. The second-order valence-electron chi connectivity index (χ2n) is 6.47. The molecule has 3 N–H and O–H groups in total. The van der Waals surface area contributed by atoms with Gasteiger partial charge in [-0.1, -0.05) is 18.2 Å².